The summed E-state index contributed by atoms with van der Waals surface area (Å²) in [7, 11) is 1.59. The predicted octanol–water partition coefficient (Wildman–Crippen LogP) is 4.71. The molecule has 0 spiro atoms. The van der Waals surface area contributed by atoms with Gasteiger partial charge in [0.2, 0.25) is 5.16 Å². The topological polar surface area (TPSA) is 82.0 Å². The Morgan fingerprint density at radius 1 is 1.39 bits per heavy atom. The maximum absolute atomic E-state index is 12.9. The molecule has 1 aromatic carbocycles. The number of H-pyrrole nitrogens is 1. The van der Waals surface area contributed by atoms with Crippen molar-refractivity contribution in [2.24, 2.45) is 0 Å². The van der Waals surface area contributed by atoms with Crippen LogP contribution in [0.3, 0.4) is 0 Å². The van der Waals surface area contributed by atoms with Gasteiger partial charge in [-0.05, 0) is 51.0 Å². The van der Waals surface area contributed by atoms with E-state index in [4.69, 9.17) is 21.1 Å². The highest BCUT2D eigenvalue weighted by atomic mass is 35.5. The summed E-state index contributed by atoms with van der Waals surface area (Å²) in [6.45, 7) is 5.65. The zero-order valence-corrected chi connectivity index (χ0v) is 19.3. The predicted molar refractivity (Wildman–Crippen MR) is 121 cm³/mol. The number of ether oxygens (including phenoxy) is 2. The second-order valence-corrected chi connectivity index (χ2v) is 8.93. The molecule has 7 nitrogen and oxygen atoms in total. The molecule has 1 saturated heterocycles. The van der Waals surface area contributed by atoms with Gasteiger partial charge in [-0.2, -0.15) is 0 Å². The second kappa shape index (κ2) is 9.46. The molecule has 0 saturated carbocycles. The van der Waals surface area contributed by atoms with Gasteiger partial charge >= 0.3 is 0 Å². The molecule has 2 aromatic heterocycles. The van der Waals surface area contributed by atoms with Crippen molar-refractivity contribution in [3.63, 3.8) is 0 Å². The summed E-state index contributed by atoms with van der Waals surface area (Å²) in [5.41, 5.74) is 3.53. The fourth-order valence-corrected chi connectivity index (χ4v) is 4.71. The minimum Gasteiger partial charge on any atom is -0.496 e. The maximum Gasteiger partial charge on any atom is 0.209 e. The molecule has 1 unspecified atom stereocenters. The fourth-order valence-electron chi connectivity index (χ4n) is 3.86. The van der Waals surface area contributed by atoms with Crippen molar-refractivity contribution in [1.82, 2.24) is 19.7 Å². The fraction of sp³-hybridized carbons (Fsp3) is 0.409. The number of carbonyl (C=O) groups excluding carboxylic acids is 1. The van der Waals surface area contributed by atoms with Crippen LogP contribution in [0.5, 0.6) is 5.75 Å². The number of rotatable bonds is 8. The number of nitrogens with zero attached hydrogens (tertiary/aromatic N) is 3. The molecule has 31 heavy (non-hydrogen) atoms. The van der Waals surface area contributed by atoms with Gasteiger partial charge in [-0.25, -0.2) is 4.98 Å². The molecule has 0 aliphatic carbocycles. The number of Topliss-reactive ketones (excluding diaryl/α,β-unsaturated/α-hetero) is 1. The zero-order chi connectivity index (χ0) is 22.0. The number of aryl methyl sites for hydroxylation is 1. The Kier molecular flexibility index (Phi) is 6.69. The molecule has 0 amide bonds. The van der Waals surface area contributed by atoms with E-state index in [-0.39, 0.29) is 17.6 Å². The summed E-state index contributed by atoms with van der Waals surface area (Å²) in [6, 6.07) is 7.27. The standard InChI is InChI=1S/C22H25ClN4O3S/c1-13-9-17(14(2)27(13)11-16-5-4-8-30-16)19(28)12-31-22-24-21(25-26-22)18-10-15(23)6-7-20(18)29-3/h6-7,9-10,16H,4-5,8,11-12H2,1-3H3,(H,24,25,26). The Bertz CT molecular complexity index is 1090. The van der Waals surface area contributed by atoms with Gasteiger partial charge in [0.15, 0.2) is 11.6 Å². The number of hydrogen-bond acceptors (Lipinski definition) is 6. The van der Waals surface area contributed by atoms with Gasteiger partial charge in [-0.1, -0.05) is 23.4 Å². The van der Waals surface area contributed by atoms with Crippen LogP contribution in [0.4, 0.5) is 0 Å². The van der Waals surface area contributed by atoms with Crippen molar-refractivity contribution in [3.05, 3.63) is 46.2 Å². The largest absolute Gasteiger partial charge is 0.496 e. The first-order valence-electron chi connectivity index (χ1n) is 10.2. The Hall–Kier alpha value is -2.29. The molecule has 9 heteroatoms. The van der Waals surface area contributed by atoms with Crippen LogP contribution in [0.2, 0.25) is 5.02 Å². The van der Waals surface area contributed by atoms with Crippen molar-refractivity contribution in [2.75, 3.05) is 19.5 Å². The van der Waals surface area contributed by atoms with Crippen molar-refractivity contribution < 1.29 is 14.3 Å². The Balaban J connectivity index is 1.44. The molecule has 0 bridgehead atoms. The lowest BCUT2D eigenvalue weighted by Crippen LogP contribution is -2.17. The summed E-state index contributed by atoms with van der Waals surface area (Å²) in [5.74, 6) is 1.51. The van der Waals surface area contributed by atoms with E-state index >= 15 is 0 Å². The molecular weight excluding hydrogens is 436 g/mol. The van der Waals surface area contributed by atoms with Crippen LogP contribution in [0.1, 0.15) is 34.6 Å². The number of carbonyl (C=O) groups is 1. The van der Waals surface area contributed by atoms with Gasteiger partial charge in [0.25, 0.3) is 0 Å². The zero-order valence-electron chi connectivity index (χ0n) is 17.8. The third-order valence-corrected chi connectivity index (χ3v) is 6.58. The Morgan fingerprint density at radius 3 is 2.97 bits per heavy atom. The van der Waals surface area contributed by atoms with Gasteiger partial charge in [0.05, 0.1) is 24.5 Å². The van der Waals surface area contributed by atoms with Gasteiger partial charge in [-0.15, -0.1) is 5.10 Å². The lowest BCUT2D eigenvalue weighted by atomic mass is 10.2. The van der Waals surface area contributed by atoms with Gasteiger partial charge in [0, 0.05) is 35.1 Å². The second-order valence-electron chi connectivity index (χ2n) is 7.55. The van der Waals surface area contributed by atoms with E-state index in [0.717, 1.165) is 48.5 Å². The summed E-state index contributed by atoms with van der Waals surface area (Å²) < 4.78 is 13.3. The van der Waals surface area contributed by atoms with Crippen LogP contribution in [0, 0.1) is 13.8 Å². The maximum atomic E-state index is 12.9. The lowest BCUT2D eigenvalue weighted by Gasteiger charge is -2.14. The highest BCUT2D eigenvalue weighted by molar-refractivity contribution is 7.99. The Labute approximate surface area is 190 Å². The van der Waals surface area contributed by atoms with Crippen LogP contribution in [0.25, 0.3) is 11.4 Å². The van der Waals surface area contributed by atoms with Crippen LogP contribution in [-0.4, -0.2) is 51.1 Å². The molecule has 3 aromatic rings. The normalized spacial score (nSPS) is 16.1. The number of hydrogen-bond donors (Lipinski definition) is 1. The van der Waals surface area contributed by atoms with Gasteiger partial charge in [0.1, 0.15) is 5.75 Å². The first-order chi connectivity index (χ1) is 15.0. The molecular formula is C22H25ClN4O3S. The number of benzene rings is 1. The monoisotopic (exact) mass is 460 g/mol. The number of methoxy groups -OCH3 is 1. The highest BCUT2D eigenvalue weighted by Gasteiger charge is 2.21. The molecule has 0 radical (unpaired) electrons. The van der Waals surface area contributed by atoms with E-state index < -0.39 is 0 Å². The molecule has 1 fully saturated rings. The molecule has 164 valence electrons. The van der Waals surface area contributed by atoms with Crippen molar-refractivity contribution in [3.8, 4) is 17.1 Å². The van der Waals surface area contributed by atoms with Crippen molar-refractivity contribution in [2.45, 2.75) is 44.5 Å². The summed E-state index contributed by atoms with van der Waals surface area (Å²) in [4.78, 5) is 17.4. The Morgan fingerprint density at radius 2 is 2.23 bits per heavy atom. The smallest absolute Gasteiger partial charge is 0.209 e. The van der Waals surface area contributed by atoms with Gasteiger partial charge in [-0.3, -0.25) is 9.89 Å². The number of aromatic nitrogens is 4. The van der Waals surface area contributed by atoms with Crippen LogP contribution in [-0.2, 0) is 11.3 Å². The number of thioether (sulfide) groups is 1. The van der Waals surface area contributed by atoms with Crippen molar-refractivity contribution in [1.29, 1.82) is 0 Å². The molecule has 3 heterocycles. The molecule has 1 atom stereocenters. The molecule has 1 N–H and O–H groups in total. The minimum absolute atomic E-state index is 0.0587. The van der Waals surface area contributed by atoms with E-state index in [9.17, 15) is 4.79 Å². The minimum atomic E-state index is 0.0587. The van der Waals surface area contributed by atoms with E-state index in [2.05, 4.69) is 19.7 Å². The summed E-state index contributed by atoms with van der Waals surface area (Å²) in [5, 5.41) is 8.21. The average molecular weight is 461 g/mol. The highest BCUT2D eigenvalue weighted by Crippen LogP contribution is 2.31. The lowest BCUT2D eigenvalue weighted by molar-refractivity contribution is 0.0957. The number of halogens is 1. The first kappa shape index (κ1) is 21.9. The number of aromatic amines is 1. The summed E-state index contributed by atoms with van der Waals surface area (Å²) >= 11 is 7.41. The molecule has 4 rings (SSSR count). The molecule has 1 aliphatic rings. The summed E-state index contributed by atoms with van der Waals surface area (Å²) in [6.07, 6.45) is 2.41. The average Bonchev–Trinajstić information content (AvgIpc) is 3.50. The van der Waals surface area contributed by atoms with Crippen LogP contribution >= 0.6 is 23.4 Å². The van der Waals surface area contributed by atoms with Crippen LogP contribution in [0.15, 0.2) is 29.4 Å². The third-order valence-electron chi connectivity index (χ3n) is 5.50. The first-order valence-corrected chi connectivity index (χ1v) is 11.5. The van der Waals surface area contributed by atoms with E-state index in [0.29, 0.717) is 21.8 Å². The van der Waals surface area contributed by atoms with E-state index in [1.165, 1.54) is 11.8 Å². The van der Waals surface area contributed by atoms with E-state index in [1.807, 2.05) is 19.9 Å². The number of nitrogens with one attached hydrogen (secondary N) is 1. The van der Waals surface area contributed by atoms with Gasteiger partial charge < -0.3 is 14.0 Å². The van der Waals surface area contributed by atoms with Crippen molar-refractivity contribution >= 4 is 29.1 Å². The third kappa shape index (κ3) is 4.81. The molecule has 1 aliphatic heterocycles. The van der Waals surface area contributed by atoms with Crippen LogP contribution < -0.4 is 4.74 Å². The van der Waals surface area contributed by atoms with E-state index in [1.54, 1.807) is 25.3 Å². The SMILES string of the molecule is COc1ccc(Cl)cc1-c1nc(SCC(=O)c2cc(C)n(CC3CCCO3)c2C)n[nH]1. The number of ketones is 1. The quantitative estimate of drug-likeness (QED) is 0.387.